The van der Waals surface area contributed by atoms with Crippen LogP contribution in [0.1, 0.15) is 25.0 Å². The van der Waals surface area contributed by atoms with Gasteiger partial charge in [0, 0.05) is 22.3 Å². The lowest BCUT2D eigenvalue weighted by Crippen LogP contribution is -2.13. The predicted octanol–water partition coefficient (Wildman–Crippen LogP) is 5.41. The average molecular weight is 319 g/mol. The number of benzene rings is 2. The molecule has 0 radical (unpaired) electrons. The molecule has 108 valence electrons. The zero-order chi connectivity index (χ0) is 15.5. The van der Waals surface area contributed by atoms with Crippen molar-refractivity contribution in [2.24, 2.45) is 0 Å². The van der Waals surface area contributed by atoms with Gasteiger partial charge in [0.05, 0.1) is 11.5 Å². The minimum atomic E-state index is -0.477. The Morgan fingerprint density at radius 1 is 1.10 bits per heavy atom. The van der Waals surface area contributed by atoms with Gasteiger partial charge in [-0.1, -0.05) is 35.3 Å². The number of hydrogen-bond donors (Lipinski definition) is 1. The highest BCUT2D eigenvalue weighted by atomic mass is 35.5. The molecule has 0 saturated heterocycles. The Morgan fingerprint density at radius 2 is 1.76 bits per heavy atom. The summed E-state index contributed by atoms with van der Waals surface area (Å²) in [6, 6.07) is 15.6. The summed E-state index contributed by atoms with van der Waals surface area (Å²) < 4.78 is 0. The van der Waals surface area contributed by atoms with E-state index in [1.54, 1.807) is 12.1 Å². The second-order valence-electron chi connectivity index (χ2n) is 5.40. The molecule has 0 spiro atoms. The standard InChI is InChI=1S/C17H16Cl2N2/c1-17(2,11-20)13-3-6-15(7-4-13)21-10-12-9-14(18)5-8-16(12)19/h3-9,21H,10H2,1-2H3. The summed E-state index contributed by atoms with van der Waals surface area (Å²) in [6.45, 7) is 4.41. The van der Waals surface area contributed by atoms with E-state index in [1.807, 2.05) is 44.2 Å². The van der Waals surface area contributed by atoms with E-state index in [4.69, 9.17) is 28.5 Å². The summed E-state index contributed by atoms with van der Waals surface area (Å²) in [5.74, 6) is 0. The zero-order valence-electron chi connectivity index (χ0n) is 12.0. The fourth-order valence-corrected chi connectivity index (χ4v) is 2.32. The van der Waals surface area contributed by atoms with Gasteiger partial charge < -0.3 is 5.32 Å². The van der Waals surface area contributed by atoms with Crippen LogP contribution < -0.4 is 5.32 Å². The molecule has 0 aliphatic heterocycles. The number of rotatable bonds is 4. The van der Waals surface area contributed by atoms with Gasteiger partial charge >= 0.3 is 0 Å². The normalized spacial score (nSPS) is 11.0. The van der Waals surface area contributed by atoms with Gasteiger partial charge in [0.15, 0.2) is 0 Å². The number of nitriles is 1. The molecular weight excluding hydrogens is 303 g/mol. The lowest BCUT2D eigenvalue weighted by atomic mass is 9.86. The second-order valence-corrected chi connectivity index (χ2v) is 6.25. The van der Waals surface area contributed by atoms with E-state index >= 15 is 0 Å². The van der Waals surface area contributed by atoms with E-state index in [1.165, 1.54) is 0 Å². The van der Waals surface area contributed by atoms with Crippen LogP contribution in [-0.2, 0) is 12.0 Å². The molecule has 0 atom stereocenters. The molecule has 0 fully saturated rings. The summed E-state index contributed by atoms with van der Waals surface area (Å²) in [6.07, 6.45) is 0. The van der Waals surface area contributed by atoms with Crippen LogP contribution >= 0.6 is 23.2 Å². The molecule has 0 bridgehead atoms. The van der Waals surface area contributed by atoms with Gasteiger partial charge in [0.1, 0.15) is 0 Å². The van der Waals surface area contributed by atoms with Crippen molar-refractivity contribution >= 4 is 28.9 Å². The van der Waals surface area contributed by atoms with Gasteiger partial charge in [-0.2, -0.15) is 5.26 Å². The van der Waals surface area contributed by atoms with Crippen molar-refractivity contribution in [2.75, 3.05) is 5.32 Å². The zero-order valence-corrected chi connectivity index (χ0v) is 13.5. The van der Waals surface area contributed by atoms with E-state index in [0.29, 0.717) is 16.6 Å². The van der Waals surface area contributed by atoms with Crippen molar-refractivity contribution in [3.05, 3.63) is 63.6 Å². The van der Waals surface area contributed by atoms with Crippen molar-refractivity contribution in [1.29, 1.82) is 5.26 Å². The molecule has 21 heavy (non-hydrogen) atoms. The first kappa shape index (κ1) is 15.7. The predicted molar refractivity (Wildman–Crippen MR) is 88.9 cm³/mol. The molecular formula is C17H16Cl2N2. The Balaban J connectivity index is 2.08. The molecule has 2 aromatic carbocycles. The first-order valence-electron chi connectivity index (χ1n) is 6.62. The number of nitrogens with one attached hydrogen (secondary N) is 1. The third kappa shape index (κ3) is 3.91. The minimum absolute atomic E-state index is 0.477. The van der Waals surface area contributed by atoms with Crippen LogP contribution in [-0.4, -0.2) is 0 Å². The van der Waals surface area contributed by atoms with Crippen LogP contribution in [0.25, 0.3) is 0 Å². The molecule has 4 heteroatoms. The van der Waals surface area contributed by atoms with Crippen molar-refractivity contribution in [3.63, 3.8) is 0 Å². The number of hydrogen-bond acceptors (Lipinski definition) is 2. The Morgan fingerprint density at radius 3 is 2.38 bits per heavy atom. The SMILES string of the molecule is CC(C)(C#N)c1ccc(NCc2cc(Cl)ccc2Cl)cc1. The molecule has 0 aliphatic rings. The molecule has 0 heterocycles. The molecule has 2 rings (SSSR count). The third-order valence-electron chi connectivity index (χ3n) is 3.38. The molecule has 2 aromatic rings. The van der Waals surface area contributed by atoms with Gasteiger partial charge in [0.2, 0.25) is 0 Å². The van der Waals surface area contributed by atoms with Gasteiger partial charge in [-0.05, 0) is 55.3 Å². The van der Waals surface area contributed by atoms with Crippen LogP contribution in [0.5, 0.6) is 0 Å². The summed E-state index contributed by atoms with van der Waals surface area (Å²) in [5.41, 5.74) is 2.44. The monoisotopic (exact) mass is 318 g/mol. The van der Waals surface area contributed by atoms with Crippen molar-refractivity contribution in [2.45, 2.75) is 25.8 Å². The van der Waals surface area contributed by atoms with Crippen molar-refractivity contribution in [3.8, 4) is 6.07 Å². The van der Waals surface area contributed by atoms with Gasteiger partial charge in [-0.15, -0.1) is 0 Å². The highest BCUT2D eigenvalue weighted by molar-refractivity contribution is 6.33. The first-order valence-corrected chi connectivity index (χ1v) is 7.37. The molecule has 2 nitrogen and oxygen atoms in total. The quantitative estimate of drug-likeness (QED) is 0.818. The van der Waals surface area contributed by atoms with E-state index in [2.05, 4.69) is 11.4 Å². The smallest absolute Gasteiger partial charge is 0.0766 e. The topological polar surface area (TPSA) is 35.8 Å². The lowest BCUT2D eigenvalue weighted by Gasteiger charge is -2.16. The van der Waals surface area contributed by atoms with Crippen molar-refractivity contribution in [1.82, 2.24) is 0 Å². The van der Waals surface area contributed by atoms with Gasteiger partial charge in [-0.3, -0.25) is 0 Å². The van der Waals surface area contributed by atoms with Crippen LogP contribution in [0.15, 0.2) is 42.5 Å². The largest absolute Gasteiger partial charge is 0.381 e. The Bertz CT molecular complexity index is 670. The van der Waals surface area contributed by atoms with E-state index < -0.39 is 5.41 Å². The molecule has 0 aromatic heterocycles. The highest BCUT2D eigenvalue weighted by Gasteiger charge is 2.18. The molecule has 0 unspecified atom stereocenters. The van der Waals surface area contributed by atoms with E-state index in [9.17, 15) is 0 Å². The highest BCUT2D eigenvalue weighted by Crippen LogP contribution is 2.25. The van der Waals surface area contributed by atoms with Crippen LogP contribution in [0, 0.1) is 11.3 Å². The second kappa shape index (κ2) is 6.39. The average Bonchev–Trinajstić information content (AvgIpc) is 2.48. The summed E-state index contributed by atoms with van der Waals surface area (Å²) in [7, 11) is 0. The fraction of sp³-hybridized carbons (Fsp3) is 0.235. The van der Waals surface area contributed by atoms with E-state index in [-0.39, 0.29) is 0 Å². The summed E-state index contributed by atoms with van der Waals surface area (Å²) >= 11 is 12.1. The molecule has 0 aliphatic carbocycles. The van der Waals surface area contributed by atoms with Crippen LogP contribution in [0.2, 0.25) is 10.0 Å². The summed E-state index contributed by atoms with van der Waals surface area (Å²) in [4.78, 5) is 0. The number of anilines is 1. The fourth-order valence-electron chi connectivity index (χ4n) is 1.95. The maximum atomic E-state index is 9.13. The third-order valence-corrected chi connectivity index (χ3v) is 3.98. The number of halogens is 2. The van der Waals surface area contributed by atoms with Gasteiger partial charge in [0.25, 0.3) is 0 Å². The summed E-state index contributed by atoms with van der Waals surface area (Å²) in [5, 5.41) is 13.8. The maximum absolute atomic E-state index is 9.13. The minimum Gasteiger partial charge on any atom is -0.381 e. The molecule has 1 N–H and O–H groups in total. The Labute approximate surface area is 135 Å². The lowest BCUT2D eigenvalue weighted by molar-refractivity contribution is 0.687. The molecule has 0 saturated carbocycles. The van der Waals surface area contributed by atoms with Crippen molar-refractivity contribution < 1.29 is 0 Å². The Kier molecular flexibility index (Phi) is 4.77. The van der Waals surface area contributed by atoms with Gasteiger partial charge in [-0.25, -0.2) is 0 Å². The molecule has 0 amide bonds. The Hall–Kier alpha value is -1.69. The van der Waals surface area contributed by atoms with Crippen LogP contribution in [0.3, 0.4) is 0 Å². The maximum Gasteiger partial charge on any atom is 0.0766 e. The van der Waals surface area contributed by atoms with Crippen LogP contribution in [0.4, 0.5) is 5.69 Å². The van der Waals surface area contributed by atoms with E-state index in [0.717, 1.165) is 16.8 Å². The first-order chi connectivity index (χ1) is 9.92. The number of nitrogens with zero attached hydrogens (tertiary/aromatic N) is 1.